The normalized spacial score (nSPS) is 10.2. The second-order valence-corrected chi connectivity index (χ2v) is 2.32. The SMILES string of the molecule is O=C(O)c1cnc(-c2cn[nH]c2)o1. The van der Waals surface area contributed by atoms with Gasteiger partial charge in [0.25, 0.3) is 0 Å². The Kier molecular flexibility index (Phi) is 1.59. The molecule has 0 amide bonds. The number of carboxylic acid groups (broad SMARTS) is 1. The van der Waals surface area contributed by atoms with Crippen molar-refractivity contribution in [3.8, 4) is 11.5 Å². The fourth-order valence-electron chi connectivity index (χ4n) is 0.874. The second-order valence-electron chi connectivity index (χ2n) is 2.32. The number of carbonyl (C=O) groups is 1. The van der Waals surface area contributed by atoms with Crippen molar-refractivity contribution in [2.45, 2.75) is 0 Å². The first-order chi connectivity index (χ1) is 6.27. The Morgan fingerprint density at radius 1 is 1.54 bits per heavy atom. The zero-order valence-corrected chi connectivity index (χ0v) is 6.39. The van der Waals surface area contributed by atoms with E-state index in [4.69, 9.17) is 9.52 Å². The first-order valence-corrected chi connectivity index (χ1v) is 3.45. The Labute approximate surface area is 72.2 Å². The fourth-order valence-corrected chi connectivity index (χ4v) is 0.874. The lowest BCUT2D eigenvalue weighted by Crippen LogP contribution is -1.91. The molecule has 0 atom stereocenters. The molecule has 6 heteroatoms. The lowest BCUT2D eigenvalue weighted by atomic mass is 10.4. The standard InChI is InChI=1S/C7H5N3O3/c11-7(12)5-3-8-6(13-5)4-1-9-10-2-4/h1-3H,(H,9,10)(H,11,12). The molecule has 0 aromatic carbocycles. The summed E-state index contributed by atoms with van der Waals surface area (Å²) >= 11 is 0. The fraction of sp³-hybridized carbons (Fsp3) is 0. The molecule has 66 valence electrons. The third-order valence-corrected chi connectivity index (χ3v) is 1.46. The summed E-state index contributed by atoms with van der Waals surface area (Å²) in [5, 5.41) is 14.8. The predicted octanol–water partition coefficient (Wildman–Crippen LogP) is 0.763. The van der Waals surface area contributed by atoms with E-state index in [0.717, 1.165) is 6.20 Å². The van der Waals surface area contributed by atoms with Crippen LogP contribution in [0.5, 0.6) is 0 Å². The van der Waals surface area contributed by atoms with Crippen LogP contribution < -0.4 is 0 Å². The first-order valence-electron chi connectivity index (χ1n) is 3.45. The van der Waals surface area contributed by atoms with E-state index in [2.05, 4.69) is 15.2 Å². The van der Waals surface area contributed by atoms with Crippen molar-refractivity contribution in [2.24, 2.45) is 0 Å². The van der Waals surface area contributed by atoms with Gasteiger partial charge in [0.2, 0.25) is 11.7 Å². The Morgan fingerprint density at radius 2 is 2.38 bits per heavy atom. The molecule has 2 heterocycles. The summed E-state index contributed by atoms with van der Waals surface area (Å²) in [5.41, 5.74) is 0.618. The Balaban J connectivity index is 2.39. The lowest BCUT2D eigenvalue weighted by molar-refractivity contribution is 0.0663. The molecule has 0 unspecified atom stereocenters. The van der Waals surface area contributed by atoms with Crippen LogP contribution in [0, 0.1) is 0 Å². The van der Waals surface area contributed by atoms with E-state index in [9.17, 15) is 4.79 Å². The number of hydrogen-bond acceptors (Lipinski definition) is 4. The van der Waals surface area contributed by atoms with Crippen molar-refractivity contribution >= 4 is 5.97 Å². The van der Waals surface area contributed by atoms with Gasteiger partial charge in [0, 0.05) is 6.20 Å². The van der Waals surface area contributed by atoms with E-state index < -0.39 is 5.97 Å². The zero-order chi connectivity index (χ0) is 9.26. The highest BCUT2D eigenvalue weighted by Crippen LogP contribution is 2.16. The van der Waals surface area contributed by atoms with E-state index >= 15 is 0 Å². The van der Waals surface area contributed by atoms with E-state index in [-0.39, 0.29) is 11.7 Å². The predicted molar refractivity (Wildman–Crippen MR) is 41.0 cm³/mol. The maximum atomic E-state index is 10.4. The average Bonchev–Trinajstić information content (AvgIpc) is 2.75. The summed E-state index contributed by atoms with van der Waals surface area (Å²) < 4.78 is 4.92. The van der Waals surface area contributed by atoms with Gasteiger partial charge in [0.05, 0.1) is 18.0 Å². The highest BCUT2D eigenvalue weighted by Gasteiger charge is 2.11. The zero-order valence-electron chi connectivity index (χ0n) is 6.39. The van der Waals surface area contributed by atoms with Gasteiger partial charge in [-0.3, -0.25) is 5.10 Å². The number of aromatic carboxylic acids is 1. The van der Waals surface area contributed by atoms with Crippen LogP contribution in [0.15, 0.2) is 23.0 Å². The molecule has 0 aliphatic heterocycles. The van der Waals surface area contributed by atoms with Crippen LogP contribution in [0.25, 0.3) is 11.5 Å². The molecule has 2 N–H and O–H groups in total. The molecule has 0 aliphatic rings. The maximum absolute atomic E-state index is 10.4. The second kappa shape index (κ2) is 2.74. The highest BCUT2D eigenvalue weighted by atomic mass is 16.4. The van der Waals surface area contributed by atoms with Crippen LogP contribution >= 0.6 is 0 Å². The van der Waals surface area contributed by atoms with E-state index in [1.165, 1.54) is 6.20 Å². The third kappa shape index (κ3) is 1.28. The minimum absolute atomic E-state index is 0.184. The van der Waals surface area contributed by atoms with Gasteiger partial charge in [-0.05, 0) is 0 Å². The molecule has 0 spiro atoms. The largest absolute Gasteiger partial charge is 0.475 e. The summed E-state index contributed by atoms with van der Waals surface area (Å²) in [6.07, 6.45) is 4.22. The Bertz CT molecular complexity index is 418. The summed E-state index contributed by atoms with van der Waals surface area (Å²) in [7, 11) is 0. The summed E-state index contributed by atoms with van der Waals surface area (Å²) in [5.74, 6) is -1.08. The lowest BCUT2D eigenvalue weighted by Gasteiger charge is -1.85. The van der Waals surface area contributed by atoms with Crippen molar-refractivity contribution in [2.75, 3.05) is 0 Å². The number of nitrogens with one attached hydrogen (secondary N) is 1. The third-order valence-electron chi connectivity index (χ3n) is 1.46. The van der Waals surface area contributed by atoms with Crippen molar-refractivity contribution in [3.63, 3.8) is 0 Å². The monoisotopic (exact) mass is 179 g/mol. The van der Waals surface area contributed by atoms with Gasteiger partial charge in [-0.25, -0.2) is 9.78 Å². The maximum Gasteiger partial charge on any atom is 0.373 e. The number of oxazole rings is 1. The quantitative estimate of drug-likeness (QED) is 0.710. The molecule has 0 radical (unpaired) electrons. The van der Waals surface area contributed by atoms with Crippen LogP contribution in [0.4, 0.5) is 0 Å². The van der Waals surface area contributed by atoms with Gasteiger partial charge >= 0.3 is 5.97 Å². The van der Waals surface area contributed by atoms with Crippen molar-refractivity contribution in [3.05, 3.63) is 24.4 Å². The summed E-state index contributed by atoms with van der Waals surface area (Å²) in [6, 6.07) is 0. The average molecular weight is 179 g/mol. The molecule has 2 aromatic heterocycles. The minimum Gasteiger partial charge on any atom is -0.475 e. The van der Waals surface area contributed by atoms with Gasteiger partial charge in [0.15, 0.2) is 0 Å². The van der Waals surface area contributed by atoms with Crippen LogP contribution in [-0.2, 0) is 0 Å². The minimum atomic E-state index is -1.14. The van der Waals surface area contributed by atoms with Crippen molar-refractivity contribution < 1.29 is 14.3 Å². The number of rotatable bonds is 2. The molecule has 0 bridgehead atoms. The van der Waals surface area contributed by atoms with Crippen LogP contribution in [-0.4, -0.2) is 26.3 Å². The number of carboxylic acids is 1. The summed E-state index contributed by atoms with van der Waals surface area (Å²) in [4.78, 5) is 14.2. The van der Waals surface area contributed by atoms with Gasteiger partial charge in [-0.1, -0.05) is 0 Å². The van der Waals surface area contributed by atoms with Gasteiger partial charge in [-0.2, -0.15) is 5.10 Å². The summed E-state index contributed by atoms with van der Waals surface area (Å²) in [6.45, 7) is 0. The topological polar surface area (TPSA) is 92.0 Å². The molecule has 0 fully saturated rings. The van der Waals surface area contributed by atoms with Crippen LogP contribution in [0.2, 0.25) is 0 Å². The van der Waals surface area contributed by atoms with Gasteiger partial charge in [-0.15, -0.1) is 0 Å². The van der Waals surface area contributed by atoms with Crippen molar-refractivity contribution in [1.82, 2.24) is 15.2 Å². The van der Waals surface area contributed by atoms with Crippen LogP contribution in [0.1, 0.15) is 10.6 Å². The first kappa shape index (κ1) is 7.53. The van der Waals surface area contributed by atoms with Crippen LogP contribution in [0.3, 0.4) is 0 Å². The van der Waals surface area contributed by atoms with Crippen molar-refractivity contribution in [1.29, 1.82) is 0 Å². The Hall–Kier alpha value is -2.11. The molecule has 0 aliphatic carbocycles. The van der Waals surface area contributed by atoms with Gasteiger partial charge in [0.1, 0.15) is 0 Å². The molecule has 2 aromatic rings. The molecule has 2 rings (SSSR count). The van der Waals surface area contributed by atoms with Gasteiger partial charge < -0.3 is 9.52 Å². The molecular formula is C7H5N3O3. The molecule has 13 heavy (non-hydrogen) atoms. The Morgan fingerprint density at radius 3 is 2.92 bits per heavy atom. The van der Waals surface area contributed by atoms with E-state index in [0.29, 0.717) is 5.56 Å². The number of hydrogen-bond donors (Lipinski definition) is 2. The molecular weight excluding hydrogens is 174 g/mol. The number of nitrogens with zero attached hydrogens (tertiary/aromatic N) is 2. The highest BCUT2D eigenvalue weighted by molar-refractivity contribution is 5.84. The smallest absolute Gasteiger partial charge is 0.373 e. The molecule has 0 saturated carbocycles. The number of H-pyrrole nitrogens is 1. The van der Waals surface area contributed by atoms with E-state index in [1.807, 2.05) is 0 Å². The number of aromatic nitrogens is 3. The molecule has 6 nitrogen and oxygen atoms in total. The molecule has 0 saturated heterocycles. The number of aromatic amines is 1. The van der Waals surface area contributed by atoms with E-state index in [1.54, 1.807) is 6.20 Å².